The molecule has 0 bridgehead atoms. The molecule has 27 heavy (non-hydrogen) atoms. The maximum atomic E-state index is 12.9. The fourth-order valence-corrected chi connectivity index (χ4v) is 4.05. The van der Waals surface area contributed by atoms with Crippen LogP contribution in [0.2, 0.25) is 0 Å². The molecular weight excluding hydrogens is 345 g/mol. The summed E-state index contributed by atoms with van der Waals surface area (Å²) in [5.74, 6) is 0.902. The summed E-state index contributed by atoms with van der Waals surface area (Å²) in [6.07, 6.45) is 2.25. The molecule has 0 saturated carbocycles. The van der Waals surface area contributed by atoms with E-state index in [0.29, 0.717) is 11.5 Å². The SMILES string of the molecule is CN1CCC2(CCN(C(=O)Nc3ccc(Oc4ccc(F)cc4)cc3)C2)C1. The third-order valence-electron chi connectivity index (χ3n) is 5.51. The zero-order chi connectivity index (χ0) is 18.9. The fourth-order valence-electron chi connectivity index (χ4n) is 4.05. The molecule has 0 radical (unpaired) electrons. The molecule has 5 nitrogen and oxygen atoms in total. The van der Waals surface area contributed by atoms with Crippen molar-refractivity contribution < 1.29 is 13.9 Å². The van der Waals surface area contributed by atoms with Crippen molar-refractivity contribution in [3.63, 3.8) is 0 Å². The lowest BCUT2D eigenvalue weighted by Gasteiger charge is -2.24. The first-order chi connectivity index (χ1) is 13.0. The van der Waals surface area contributed by atoms with Gasteiger partial charge in [-0.3, -0.25) is 0 Å². The number of ether oxygens (including phenoxy) is 1. The van der Waals surface area contributed by atoms with Gasteiger partial charge in [0.25, 0.3) is 0 Å². The summed E-state index contributed by atoms with van der Waals surface area (Å²) in [5.41, 5.74) is 1.01. The zero-order valence-corrected chi connectivity index (χ0v) is 15.5. The fraction of sp³-hybridized carbons (Fsp3) is 0.381. The second kappa shape index (κ2) is 7.19. The van der Waals surface area contributed by atoms with Gasteiger partial charge in [0.1, 0.15) is 17.3 Å². The first-order valence-electron chi connectivity index (χ1n) is 9.29. The van der Waals surface area contributed by atoms with Gasteiger partial charge in [-0.05, 0) is 75.0 Å². The molecule has 2 fully saturated rings. The van der Waals surface area contributed by atoms with Gasteiger partial charge < -0.3 is 19.9 Å². The molecule has 1 spiro atoms. The number of carbonyl (C=O) groups is 1. The number of anilines is 1. The molecule has 1 unspecified atom stereocenters. The van der Waals surface area contributed by atoms with E-state index in [1.54, 1.807) is 24.3 Å². The average Bonchev–Trinajstić information content (AvgIpc) is 3.24. The van der Waals surface area contributed by atoms with Crippen molar-refractivity contribution in [1.29, 1.82) is 0 Å². The van der Waals surface area contributed by atoms with Crippen LogP contribution in [-0.4, -0.2) is 49.1 Å². The van der Waals surface area contributed by atoms with Crippen LogP contribution in [0.3, 0.4) is 0 Å². The summed E-state index contributed by atoms with van der Waals surface area (Å²) in [4.78, 5) is 16.8. The van der Waals surface area contributed by atoms with Gasteiger partial charge in [-0.25, -0.2) is 9.18 Å². The van der Waals surface area contributed by atoms with E-state index < -0.39 is 0 Å². The Balaban J connectivity index is 1.33. The Kier molecular flexibility index (Phi) is 4.74. The summed E-state index contributed by atoms with van der Waals surface area (Å²) in [5, 5.41) is 2.97. The highest BCUT2D eigenvalue weighted by atomic mass is 19.1. The molecule has 1 N–H and O–H groups in total. The molecule has 142 valence electrons. The predicted molar refractivity (Wildman–Crippen MR) is 103 cm³/mol. The Labute approximate surface area is 158 Å². The van der Waals surface area contributed by atoms with Gasteiger partial charge in [0.2, 0.25) is 0 Å². The molecule has 0 aromatic heterocycles. The number of urea groups is 1. The third-order valence-corrected chi connectivity index (χ3v) is 5.51. The summed E-state index contributed by atoms with van der Waals surface area (Å²) in [6.45, 7) is 3.83. The Bertz CT molecular complexity index is 809. The van der Waals surface area contributed by atoms with Crippen LogP contribution in [0.1, 0.15) is 12.8 Å². The Morgan fingerprint density at radius 2 is 1.63 bits per heavy atom. The topological polar surface area (TPSA) is 44.8 Å². The quantitative estimate of drug-likeness (QED) is 0.883. The highest BCUT2D eigenvalue weighted by Gasteiger charge is 2.43. The smallest absolute Gasteiger partial charge is 0.321 e. The summed E-state index contributed by atoms with van der Waals surface area (Å²) >= 11 is 0. The zero-order valence-electron chi connectivity index (χ0n) is 15.5. The number of hydrogen-bond acceptors (Lipinski definition) is 3. The minimum atomic E-state index is -0.298. The van der Waals surface area contributed by atoms with Crippen molar-refractivity contribution in [3.05, 3.63) is 54.3 Å². The molecule has 2 aliphatic heterocycles. The van der Waals surface area contributed by atoms with E-state index >= 15 is 0 Å². The van der Waals surface area contributed by atoms with Gasteiger partial charge in [0.15, 0.2) is 0 Å². The van der Waals surface area contributed by atoms with Crippen LogP contribution in [-0.2, 0) is 0 Å². The number of likely N-dealkylation sites (tertiary alicyclic amines) is 2. The highest BCUT2D eigenvalue weighted by Crippen LogP contribution is 2.39. The standard InChI is InChI=1S/C21H24FN3O2/c1-24-12-10-21(14-24)11-13-25(15-21)20(26)23-17-4-8-19(9-5-17)27-18-6-2-16(22)3-7-18/h2-9H,10-15H2,1H3,(H,23,26). The van der Waals surface area contributed by atoms with Gasteiger partial charge in [-0.2, -0.15) is 0 Å². The number of nitrogens with one attached hydrogen (secondary N) is 1. The predicted octanol–water partition coefficient (Wildman–Crippen LogP) is 4.18. The molecular formula is C21H24FN3O2. The largest absolute Gasteiger partial charge is 0.457 e. The van der Waals surface area contributed by atoms with E-state index in [1.165, 1.54) is 18.6 Å². The van der Waals surface area contributed by atoms with Gasteiger partial charge in [0.05, 0.1) is 0 Å². The highest BCUT2D eigenvalue weighted by molar-refractivity contribution is 5.89. The molecule has 2 saturated heterocycles. The van der Waals surface area contributed by atoms with Crippen molar-refractivity contribution in [2.45, 2.75) is 12.8 Å². The van der Waals surface area contributed by atoms with Gasteiger partial charge in [0, 0.05) is 30.7 Å². The van der Waals surface area contributed by atoms with E-state index in [9.17, 15) is 9.18 Å². The van der Waals surface area contributed by atoms with Crippen molar-refractivity contribution >= 4 is 11.7 Å². The van der Waals surface area contributed by atoms with Crippen LogP contribution in [0.5, 0.6) is 11.5 Å². The maximum Gasteiger partial charge on any atom is 0.321 e. The number of rotatable bonds is 3. The van der Waals surface area contributed by atoms with Crippen molar-refractivity contribution in [2.24, 2.45) is 5.41 Å². The lowest BCUT2D eigenvalue weighted by Crippen LogP contribution is -2.36. The number of carbonyl (C=O) groups excluding carboxylic acids is 1. The van der Waals surface area contributed by atoms with Crippen LogP contribution in [0.25, 0.3) is 0 Å². The monoisotopic (exact) mass is 369 g/mol. The number of amides is 2. The van der Waals surface area contributed by atoms with Crippen LogP contribution in [0.4, 0.5) is 14.9 Å². The molecule has 2 amide bonds. The van der Waals surface area contributed by atoms with Crippen molar-refractivity contribution in [1.82, 2.24) is 9.80 Å². The van der Waals surface area contributed by atoms with Gasteiger partial charge in [-0.15, -0.1) is 0 Å². The molecule has 2 aromatic rings. The summed E-state index contributed by atoms with van der Waals surface area (Å²) < 4.78 is 18.6. The van der Waals surface area contributed by atoms with Crippen LogP contribution in [0, 0.1) is 11.2 Å². The van der Waals surface area contributed by atoms with Crippen molar-refractivity contribution in [2.75, 3.05) is 38.5 Å². The van der Waals surface area contributed by atoms with E-state index in [1.807, 2.05) is 17.0 Å². The van der Waals surface area contributed by atoms with Crippen LogP contribution < -0.4 is 10.1 Å². The van der Waals surface area contributed by atoms with E-state index in [2.05, 4.69) is 17.3 Å². The van der Waals surface area contributed by atoms with E-state index in [4.69, 9.17) is 4.74 Å². The number of halogens is 1. The molecule has 2 aliphatic rings. The molecule has 1 atom stereocenters. The average molecular weight is 369 g/mol. The number of hydrogen-bond donors (Lipinski definition) is 1. The lowest BCUT2D eigenvalue weighted by atomic mass is 9.86. The number of nitrogens with zero attached hydrogens (tertiary/aromatic N) is 2. The molecule has 2 heterocycles. The first kappa shape index (κ1) is 17.8. The Morgan fingerprint density at radius 1 is 1.00 bits per heavy atom. The van der Waals surface area contributed by atoms with Gasteiger partial charge in [-0.1, -0.05) is 0 Å². The van der Waals surface area contributed by atoms with Crippen molar-refractivity contribution in [3.8, 4) is 11.5 Å². The van der Waals surface area contributed by atoms with Gasteiger partial charge >= 0.3 is 6.03 Å². The Morgan fingerprint density at radius 3 is 2.26 bits per heavy atom. The maximum absolute atomic E-state index is 12.9. The molecule has 6 heteroatoms. The number of benzene rings is 2. The normalized spacial score (nSPS) is 22.4. The first-order valence-corrected chi connectivity index (χ1v) is 9.29. The second-order valence-corrected chi connectivity index (χ2v) is 7.67. The van der Waals surface area contributed by atoms with E-state index in [0.717, 1.165) is 38.3 Å². The second-order valence-electron chi connectivity index (χ2n) is 7.67. The van der Waals surface area contributed by atoms with Crippen LogP contribution >= 0.6 is 0 Å². The minimum Gasteiger partial charge on any atom is -0.457 e. The molecule has 0 aliphatic carbocycles. The lowest BCUT2D eigenvalue weighted by molar-refractivity contribution is 0.212. The Hall–Kier alpha value is -2.60. The summed E-state index contributed by atoms with van der Waals surface area (Å²) in [7, 11) is 2.15. The molecule has 4 rings (SSSR count). The summed E-state index contributed by atoms with van der Waals surface area (Å²) in [6, 6.07) is 13.0. The van der Waals surface area contributed by atoms with E-state index in [-0.39, 0.29) is 17.3 Å². The molecule has 2 aromatic carbocycles. The third kappa shape index (κ3) is 4.06. The minimum absolute atomic E-state index is 0.0476. The van der Waals surface area contributed by atoms with Crippen LogP contribution in [0.15, 0.2) is 48.5 Å².